The molecule has 2 heterocycles. The number of benzene rings is 1. The van der Waals surface area contributed by atoms with Crippen molar-refractivity contribution in [3.63, 3.8) is 0 Å². The van der Waals surface area contributed by atoms with Gasteiger partial charge in [-0.3, -0.25) is 4.79 Å². The lowest BCUT2D eigenvalue weighted by atomic mass is 10.2. The monoisotopic (exact) mass is 528 g/mol. The molecular formula is C21H33IN6O2. The molecule has 1 fully saturated rings. The molecule has 166 valence electrons. The number of likely N-dealkylation sites (N-methyl/N-ethyl adjacent to an activating group) is 1. The van der Waals surface area contributed by atoms with Gasteiger partial charge in [0.25, 0.3) is 0 Å². The fraction of sp³-hybridized carbons (Fsp3) is 0.571. The Balaban J connectivity index is 0.00000320. The highest BCUT2D eigenvalue weighted by molar-refractivity contribution is 14.0. The molecule has 1 unspecified atom stereocenters. The molecule has 3 rings (SSSR count). The molecule has 0 saturated carbocycles. The van der Waals surface area contributed by atoms with Crippen LogP contribution in [0.3, 0.4) is 0 Å². The number of hydrogen-bond acceptors (Lipinski definition) is 4. The number of nitrogens with zero attached hydrogens (tertiary/aromatic N) is 4. The van der Waals surface area contributed by atoms with E-state index in [9.17, 15) is 4.79 Å². The van der Waals surface area contributed by atoms with Crippen LogP contribution in [0.15, 0.2) is 29.3 Å². The highest BCUT2D eigenvalue weighted by Crippen LogP contribution is 2.15. The number of aryl methyl sites for hydroxylation is 2. The summed E-state index contributed by atoms with van der Waals surface area (Å²) in [5.74, 6) is 1.65. The van der Waals surface area contributed by atoms with Gasteiger partial charge in [0.15, 0.2) is 5.96 Å². The maximum atomic E-state index is 11.9. The first kappa shape index (κ1) is 24.4. The number of rotatable bonds is 8. The Kier molecular flexibility index (Phi) is 9.83. The van der Waals surface area contributed by atoms with E-state index in [-0.39, 0.29) is 42.5 Å². The summed E-state index contributed by atoms with van der Waals surface area (Å²) >= 11 is 0. The molecule has 0 bridgehead atoms. The van der Waals surface area contributed by atoms with Crippen LogP contribution in [0.2, 0.25) is 0 Å². The quantitative estimate of drug-likeness (QED) is 0.238. The molecule has 1 aromatic heterocycles. The number of halogens is 1. The summed E-state index contributed by atoms with van der Waals surface area (Å²) in [7, 11) is 3.48. The van der Waals surface area contributed by atoms with Gasteiger partial charge < -0.3 is 24.8 Å². The SMILES string of the molecule is Cc1nc2ccccc2n1CCCNC(=NCC(=O)N(C)C)NCC1CCCO1.I. The van der Waals surface area contributed by atoms with Crippen molar-refractivity contribution in [2.75, 3.05) is 40.3 Å². The van der Waals surface area contributed by atoms with E-state index >= 15 is 0 Å². The van der Waals surface area contributed by atoms with Crippen molar-refractivity contribution in [3.05, 3.63) is 30.1 Å². The van der Waals surface area contributed by atoms with Crippen LogP contribution in [0.1, 0.15) is 25.1 Å². The first-order valence-electron chi connectivity index (χ1n) is 10.3. The molecule has 1 amide bonds. The summed E-state index contributed by atoms with van der Waals surface area (Å²) in [5.41, 5.74) is 2.19. The first-order chi connectivity index (χ1) is 14.0. The molecule has 0 spiro atoms. The lowest BCUT2D eigenvalue weighted by molar-refractivity contribution is -0.127. The molecule has 0 aliphatic carbocycles. The molecule has 2 aromatic rings. The standard InChI is InChI=1S/C21H32N6O2.HI/c1-16-25-18-9-4-5-10-19(18)27(16)12-7-11-22-21(24-15-20(28)26(2)3)23-14-17-8-6-13-29-17;/h4-5,9-10,17H,6-8,11-15H2,1-3H3,(H2,22,23,24);1H. The highest BCUT2D eigenvalue weighted by Gasteiger charge is 2.16. The van der Waals surface area contributed by atoms with Crippen molar-refractivity contribution in [2.45, 2.75) is 38.8 Å². The van der Waals surface area contributed by atoms with Gasteiger partial charge in [0.05, 0.1) is 17.1 Å². The number of fused-ring (bicyclic) bond motifs is 1. The lowest BCUT2D eigenvalue weighted by Gasteiger charge is -2.16. The van der Waals surface area contributed by atoms with E-state index in [1.54, 1.807) is 19.0 Å². The van der Waals surface area contributed by atoms with Crippen LogP contribution in [-0.4, -0.2) is 72.8 Å². The predicted molar refractivity (Wildman–Crippen MR) is 130 cm³/mol. The number of imidazole rings is 1. The van der Waals surface area contributed by atoms with Crippen molar-refractivity contribution in [2.24, 2.45) is 4.99 Å². The van der Waals surface area contributed by atoms with E-state index in [4.69, 9.17) is 4.74 Å². The Labute approximate surface area is 195 Å². The summed E-state index contributed by atoms with van der Waals surface area (Å²) in [6.07, 6.45) is 3.29. The predicted octanol–water partition coefficient (Wildman–Crippen LogP) is 2.16. The molecule has 30 heavy (non-hydrogen) atoms. The number of aliphatic imine (C=N–C) groups is 1. The maximum absolute atomic E-state index is 11.9. The van der Waals surface area contributed by atoms with E-state index in [2.05, 4.69) is 31.2 Å². The third-order valence-corrected chi connectivity index (χ3v) is 5.09. The summed E-state index contributed by atoms with van der Waals surface area (Å²) in [5, 5.41) is 6.66. The van der Waals surface area contributed by atoms with Crippen molar-refractivity contribution >= 4 is 46.9 Å². The van der Waals surface area contributed by atoms with E-state index in [1.807, 2.05) is 25.1 Å². The Morgan fingerprint density at radius 2 is 2.13 bits per heavy atom. The molecule has 9 heteroatoms. The van der Waals surface area contributed by atoms with Gasteiger partial charge in [0.1, 0.15) is 12.4 Å². The zero-order chi connectivity index (χ0) is 20.6. The van der Waals surface area contributed by atoms with E-state index < -0.39 is 0 Å². The van der Waals surface area contributed by atoms with E-state index in [1.165, 1.54) is 0 Å². The molecule has 0 radical (unpaired) electrons. The van der Waals surface area contributed by atoms with Crippen molar-refractivity contribution < 1.29 is 9.53 Å². The molecule has 1 saturated heterocycles. The second-order valence-corrected chi connectivity index (χ2v) is 7.55. The number of para-hydroxylation sites is 2. The minimum absolute atomic E-state index is 0. The Hall–Kier alpha value is -1.88. The fourth-order valence-electron chi connectivity index (χ4n) is 3.40. The number of aromatic nitrogens is 2. The van der Waals surface area contributed by atoms with Gasteiger partial charge in [-0.1, -0.05) is 12.1 Å². The molecule has 2 N–H and O–H groups in total. The molecular weight excluding hydrogens is 495 g/mol. The van der Waals surface area contributed by atoms with Crippen LogP contribution < -0.4 is 10.6 Å². The van der Waals surface area contributed by atoms with Crippen molar-refractivity contribution in [1.82, 2.24) is 25.1 Å². The van der Waals surface area contributed by atoms with E-state index in [0.717, 1.165) is 55.8 Å². The summed E-state index contributed by atoms with van der Waals surface area (Å²) in [6, 6.07) is 8.20. The zero-order valence-electron chi connectivity index (χ0n) is 18.1. The molecule has 1 aromatic carbocycles. The van der Waals surface area contributed by atoms with Gasteiger partial charge >= 0.3 is 0 Å². The maximum Gasteiger partial charge on any atom is 0.243 e. The van der Waals surface area contributed by atoms with Gasteiger partial charge in [0, 0.05) is 40.3 Å². The van der Waals surface area contributed by atoms with Crippen molar-refractivity contribution in [1.29, 1.82) is 0 Å². The number of carbonyl (C=O) groups excluding carboxylic acids is 1. The van der Waals surface area contributed by atoms with E-state index in [0.29, 0.717) is 12.5 Å². The third-order valence-electron chi connectivity index (χ3n) is 5.09. The summed E-state index contributed by atoms with van der Waals surface area (Å²) in [4.78, 5) is 22.5. The molecule has 1 aliphatic rings. The average Bonchev–Trinajstić information content (AvgIpc) is 3.33. The Morgan fingerprint density at radius 3 is 2.87 bits per heavy atom. The normalized spacial score (nSPS) is 16.4. The smallest absolute Gasteiger partial charge is 0.243 e. The van der Waals surface area contributed by atoms with Gasteiger partial charge in [-0.25, -0.2) is 9.98 Å². The minimum Gasteiger partial charge on any atom is -0.376 e. The highest BCUT2D eigenvalue weighted by atomic mass is 127. The van der Waals surface area contributed by atoms with Crippen LogP contribution in [-0.2, 0) is 16.1 Å². The zero-order valence-corrected chi connectivity index (χ0v) is 20.4. The fourth-order valence-corrected chi connectivity index (χ4v) is 3.40. The first-order valence-corrected chi connectivity index (χ1v) is 10.3. The minimum atomic E-state index is -0.0243. The van der Waals surface area contributed by atoms with Gasteiger partial charge in [-0.15, -0.1) is 24.0 Å². The van der Waals surface area contributed by atoms with Crippen molar-refractivity contribution in [3.8, 4) is 0 Å². The Bertz CT molecular complexity index is 845. The van der Waals surface area contributed by atoms with Gasteiger partial charge in [-0.05, 0) is 38.3 Å². The Morgan fingerprint density at radius 1 is 1.33 bits per heavy atom. The van der Waals surface area contributed by atoms with Gasteiger partial charge in [0.2, 0.25) is 5.91 Å². The summed E-state index contributed by atoms with van der Waals surface area (Å²) < 4.78 is 7.90. The number of ether oxygens (including phenoxy) is 1. The van der Waals surface area contributed by atoms with Crippen LogP contribution in [0.5, 0.6) is 0 Å². The van der Waals surface area contributed by atoms with Crippen LogP contribution in [0, 0.1) is 6.92 Å². The largest absolute Gasteiger partial charge is 0.376 e. The molecule has 8 nitrogen and oxygen atoms in total. The topological polar surface area (TPSA) is 83.8 Å². The van der Waals surface area contributed by atoms with Crippen LogP contribution in [0.4, 0.5) is 0 Å². The second kappa shape index (κ2) is 12.1. The van der Waals surface area contributed by atoms with Gasteiger partial charge in [-0.2, -0.15) is 0 Å². The number of guanidine groups is 1. The number of hydrogen-bond donors (Lipinski definition) is 2. The lowest BCUT2D eigenvalue weighted by Crippen LogP contribution is -2.42. The van der Waals surface area contributed by atoms with Crippen LogP contribution in [0.25, 0.3) is 11.0 Å². The second-order valence-electron chi connectivity index (χ2n) is 7.55. The number of amides is 1. The average molecular weight is 528 g/mol. The molecule has 1 atom stereocenters. The molecule has 1 aliphatic heterocycles. The number of carbonyl (C=O) groups is 1. The third kappa shape index (κ3) is 6.83. The number of nitrogens with one attached hydrogen (secondary N) is 2. The van der Waals surface area contributed by atoms with Crippen LogP contribution >= 0.6 is 24.0 Å². The summed E-state index contributed by atoms with van der Waals surface area (Å²) in [6.45, 7) is 5.31.